The number of hydrogen-bond acceptors (Lipinski definition) is 5. The number of hydrogen-bond donors (Lipinski definition) is 2. The fourth-order valence-corrected chi connectivity index (χ4v) is 2.61. The highest BCUT2D eigenvalue weighted by molar-refractivity contribution is 14.1. The van der Waals surface area contributed by atoms with Crippen LogP contribution in [0.25, 0.3) is 0 Å². The molecule has 9 heteroatoms. The Hall–Kier alpha value is -1.49. The number of ether oxygens (including phenoxy) is 1. The molecular weight excluding hydrogens is 398 g/mol. The second kappa shape index (κ2) is 6.10. The SMILES string of the molecule is O=C(O)C1(Nc2cc(F)c(I)cc2[N+](=O)[O-])CCOCC1. The van der Waals surface area contributed by atoms with Gasteiger partial charge in [0.05, 0.1) is 8.49 Å². The molecule has 0 bridgehead atoms. The Morgan fingerprint density at radius 3 is 2.62 bits per heavy atom. The summed E-state index contributed by atoms with van der Waals surface area (Å²) in [5.74, 6) is -1.78. The molecule has 7 nitrogen and oxygen atoms in total. The molecule has 21 heavy (non-hydrogen) atoms. The van der Waals surface area contributed by atoms with Crippen LogP contribution in [0.3, 0.4) is 0 Å². The summed E-state index contributed by atoms with van der Waals surface area (Å²) in [7, 11) is 0. The van der Waals surface area contributed by atoms with Crippen LogP contribution in [-0.2, 0) is 9.53 Å². The molecule has 1 aliphatic rings. The van der Waals surface area contributed by atoms with Crippen LogP contribution in [0.1, 0.15) is 12.8 Å². The smallest absolute Gasteiger partial charge is 0.329 e. The number of carboxylic acid groups (broad SMARTS) is 1. The molecule has 0 amide bonds. The zero-order chi connectivity index (χ0) is 15.6. The Morgan fingerprint density at radius 2 is 2.10 bits per heavy atom. The monoisotopic (exact) mass is 410 g/mol. The van der Waals surface area contributed by atoms with Crippen molar-refractivity contribution in [3.8, 4) is 0 Å². The first-order chi connectivity index (χ1) is 9.85. The number of rotatable bonds is 4. The number of aliphatic carboxylic acids is 1. The molecule has 114 valence electrons. The molecule has 1 heterocycles. The number of carbonyl (C=O) groups is 1. The Bertz CT molecular complexity index is 589. The summed E-state index contributed by atoms with van der Waals surface area (Å²) < 4.78 is 18.9. The summed E-state index contributed by atoms with van der Waals surface area (Å²) in [6, 6.07) is 2.03. The number of nitro benzene ring substituents is 1. The lowest BCUT2D eigenvalue weighted by Gasteiger charge is -2.34. The molecule has 0 radical (unpaired) electrons. The van der Waals surface area contributed by atoms with E-state index in [2.05, 4.69) is 5.32 Å². The number of nitro groups is 1. The minimum atomic E-state index is -1.39. The maximum Gasteiger partial charge on any atom is 0.329 e. The van der Waals surface area contributed by atoms with Gasteiger partial charge in [-0.25, -0.2) is 9.18 Å². The highest BCUT2D eigenvalue weighted by atomic mass is 127. The first-order valence-corrected chi connectivity index (χ1v) is 7.16. The van der Waals surface area contributed by atoms with Gasteiger partial charge in [0.25, 0.3) is 5.69 Å². The van der Waals surface area contributed by atoms with Crippen molar-refractivity contribution in [2.45, 2.75) is 18.4 Å². The fourth-order valence-electron chi connectivity index (χ4n) is 2.16. The summed E-state index contributed by atoms with van der Waals surface area (Å²) in [5.41, 5.74) is -1.88. The summed E-state index contributed by atoms with van der Waals surface area (Å²) in [6.45, 7) is 0.444. The van der Waals surface area contributed by atoms with Crippen molar-refractivity contribution in [2.24, 2.45) is 0 Å². The van der Waals surface area contributed by atoms with E-state index in [4.69, 9.17) is 4.74 Å². The van der Waals surface area contributed by atoms with E-state index in [-0.39, 0.29) is 41.0 Å². The number of benzene rings is 1. The van der Waals surface area contributed by atoms with E-state index in [0.29, 0.717) is 0 Å². The summed E-state index contributed by atoms with van der Waals surface area (Å²) in [5, 5.41) is 23.1. The molecule has 0 atom stereocenters. The molecular formula is C12H12FIN2O5. The van der Waals surface area contributed by atoms with Gasteiger partial charge in [-0.15, -0.1) is 0 Å². The Balaban J connectivity index is 2.43. The number of nitrogens with zero attached hydrogens (tertiary/aromatic N) is 1. The molecule has 2 rings (SSSR count). The van der Waals surface area contributed by atoms with Crippen molar-refractivity contribution in [1.82, 2.24) is 0 Å². The molecule has 1 aromatic rings. The molecule has 1 aromatic carbocycles. The Kier molecular flexibility index (Phi) is 4.61. The second-order valence-corrected chi connectivity index (χ2v) is 5.83. The van der Waals surface area contributed by atoms with Gasteiger partial charge in [0, 0.05) is 38.2 Å². The van der Waals surface area contributed by atoms with Crippen molar-refractivity contribution in [3.05, 3.63) is 31.6 Å². The molecule has 1 fully saturated rings. The number of anilines is 1. The van der Waals surface area contributed by atoms with Crippen LogP contribution in [0.4, 0.5) is 15.8 Å². The zero-order valence-corrected chi connectivity index (χ0v) is 12.9. The third-order valence-corrected chi connectivity index (χ3v) is 4.19. The number of carboxylic acids is 1. The van der Waals surface area contributed by atoms with Gasteiger partial charge in [-0.1, -0.05) is 0 Å². The fraction of sp³-hybridized carbons (Fsp3) is 0.417. The van der Waals surface area contributed by atoms with Crippen molar-refractivity contribution in [3.63, 3.8) is 0 Å². The van der Waals surface area contributed by atoms with Gasteiger partial charge in [0.1, 0.15) is 17.0 Å². The maximum atomic E-state index is 13.7. The van der Waals surface area contributed by atoms with Crippen molar-refractivity contribution < 1.29 is 24.0 Å². The molecule has 0 spiro atoms. The van der Waals surface area contributed by atoms with E-state index in [0.717, 1.165) is 12.1 Å². The lowest BCUT2D eigenvalue weighted by atomic mass is 9.89. The molecule has 0 aliphatic carbocycles. The first kappa shape index (κ1) is 15.9. The van der Waals surface area contributed by atoms with E-state index >= 15 is 0 Å². The standard InChI is InChI=1S/C12H12FIN2O5/c13-7-5-9(10(16(19)20)6-8(7)14)15-12(11(17)18)1-3-21-4-2-12/h5-6,15H,1-4H2,(H,17,18). The van der Waals surface area contributed by atoms with Crippen molar-refractivity contribution in [2.75, 3.05) is 18.5 Å². The highest BCUT2D eigenvalue weighted by Crippen LogP contribution is 2.34. The van der Waals surface area contributed by atoms with Crippen molar-refractivity contribution >= 4 is 39.9 Å². The quantitative estimate of drug-likeness (QED) is 0.449. The summed E-state index contributed by atoms with van der Waals surface area (Å²) >= 11 is 1.64. The van der Waals surface area contributed by atoms with Gasteiger partial charge in [0.15, 0.2) is 0 Å². The largest absolute Gasteiger partial charge is 0.480 e. The van der Waals surface area contributed by atoms with Gasteiger partial charge in [0.2, 0.25) is 0 Å². The van der Waals surface area contributed by atoms with E-state index in [1.807, 2.05) is 0 Å². The average molecular weight is 410 g/mol. The normalized spacial score (nSPS) is 17.2. The van der Waals surface area contributed by atoms with Crippen LogP contribution in [0.5, 0.6) is 0 Å². The van der Waals surface area contributed by atoms with Crippen LogP contribution in [0.2, 0.25) is 0 Å². The van der Waals surface area contributed by atoms with Gasteiger partial charge < -0.3 is 15.2 Å². The topological polar surface area (TPSA) is 102 Å². The maximum absolute atomic E-state index is 13.7. The summed E-state index contributed by atoms with van der Waals surface area (Å²) in [6.07, 6.45) is 0.292. The lowest BCUT2D eigenvalue weighted by Crippen LogP contribution is -2.50. The van der Waals surface area contributed by atoms with Crippen LogP contribution in [0.15, 0.2) is 12.1 Å². The van der Waals surface area contributed by atoms with Gasteiger partial charge in [-0.05, 0) is 22.6 Å². The minimum absolute atomic E-state index is 0.0983. The minimum Gasteiger partial charge on any atom is -0.480 e. The van der Waals surface area contributed by atoms with Gasteiger partial charge in [-0.3, -0.25) is 10.1 Å². The van der Waals surface area contributed by atoms with Gasteiger partial charge >= 0.3 is 5.97 Å². The third-order valence-electron chi connectivity index (χ3n) is 3.36. The highest BCUT2D eigenvalue weighted by Gasteiger charge is 2.41. The van der Waals surface area contributed by atoms with E-state index < -0.39 is 22.2 Å². The molecule has 0 saturated carbocycles. The van der Waals surface area contributed by atoms with Crippen molar-refractivity contribution in [1.29, 1.82) is 0 Å². The van der Waals surface area contributed by atoms with Crippen LogP contribution in [0, 0.1) is 19.5 Å². The molecule has 0 aromatic heterocycles. The van der Waals surface area contributed by atoms with E-state index in [9.17, 15) is 24.4 Å². The molecule has 0 unspecified atom stereocenters. The predicted octanol–water partition coefficient (Wildman–Crippen LogP) is 2.38. The first-order valence-electron chi connectivity index (χ1n) is 6.08. The summed E-state index contributed by atoms with van der Waals surface area (Å²) in [4.78, 5) is 21.9. The second-order valence-electron chi connectivity index (χ2n) is 4.67. The zero-order valence-electron chi connectivity index (χ0n) is 10.8. The van der Waals surface area contributed by atoms with E-state index in [1.165, 1.54) is 0 Å². The van der Waals surface area contributed by atoms with Gasteiger partial charge in [-0.2, -0.15) is 0 Å². The molecule has 2 N–H and O–H groups in total. The number of nitrogens with one attached hydrogen (secondary N) is 1. The Morgan fingerprint density at radius 1 is 1.48 bits per heavy atom. The van der Waals surface area contributed by atoms with Crippen LogP contribution >= 0.6 is 22.6 Å². The predicted molar refractivity (Wildman–Crippen MR) is 79.8 cm³/mol. The number of halogens is 2. The van der Waals surface area contributed by atoms with E-state index in [1.54, 1.807) is 22.6 Å². The molecule has 1 saturated heterocycles. The lowest BCUT2D eigenvalue weighted by molar-refractivity contribution is -0.384. The molecule has 1 aliphatic heterocycles. The average Bonchev–Trinajstić information content (AvgIpc) is 2.43. The van der Waals surface area contributed by atoms with Crippen LogP contribution in [-0.4, -0.2) is 34.8 Å². The Labute approximate surface area is 132 Å². The van der Waals surface area contributed by atoms with Crippen LogP contribution < -0.4 is 5.32 Å². The third kappa shape index (κ3) is 3.23.